The summed E-state index contributed by atoms with van der Waals surface area (Å²) in [6.07, 6.45) is 3.37. The maximum absolute atomic E-state index is 13.8. The molecule has 0 saturated carbocycles. The van der Waals surface area contributed by atoms with Gasteiger partial charge in [-0.3, -0.25) is 14.2 Å². The number of nitrogens with zero attached hydrogens (tertiary/aromatic N) is 3. The van der Waals surface area contributed by atoms with Crippen LogP contribution in [0.4, 0.5) is 0 Å². The SMILES string of the molecule is CCCCc1nn(-c2cc(C(=O)CCC)ccc2Cl)c(=O)n1Cc1ccc(-c2ccccc2S(=O)(=O)NC(=O)c2ccccc2Cl)cc1. The van der Waals surface area contributed by atoms with Crippen molar-refractivity contribution in [1.29, 1.82) is 0 Å². The molecular formula is C36H34Cl2N4O5S. The Kier molecular flexibility index (Phi) is 11.0. The molecule has 1 N–H and O–H groups in total. The molecule has 0 unspecified atom stereocenters. The molecule has 0 aliphatic heterocycles. The van der Waals surface area contributed by atoms with E-state index in [1.807, 2.05) is 19.1 Å². The lowest BCUT2D eigenvalue weighted by Gasteiger charge is -2.13. The minimum atomic E-state index is -4.27. The Morgan fingerprint density at radius 1 is 0.854 bits per heavy atom. The van der Waals surface area contributed by atoms with E-state index in [1.165, 1.54) is 22.9 Å². The quantitative estimate of drug-likeness (QED) is 0.127. The molecule has 0 bridgehead atoms. The lowest BCUT2D eigenvalue weighted by molar-refractivity contribution is 0.0973. The van der Waals surface area contributed by atoms with E-state index < -0.39 is 21.6 Å². The number of hydrogen-bond donors (Lipinski definition) is 1. The second kappa shape index (κ2) is 15.1. The fourth-order valence-corrected chi connectivity index (χ4v) is 6.90. The van der Waals surface area contributed by atoms with E-state index in [2.05, 4.69) is 16.7 Å². The van der Waals surface area contributed by atoms with Crippen LogP contribution in [0.15, 0.2) is 101 Å². The van der Waals surface area contributed by atoms with Crippen molar-refractivity contribution >= 4 is 44.9 Å². The number of amides is 1. The van der Waals surface area contributed by atoms with E-state index in [0.717, 1.165) is 18.4 Å². The highest BCUT2D eigenvalue weighted by atomic mass is 35.5. The monoisotopic (exact) mass is 704 g/mol. The second-order valence-corrected chi connectivity index (χ2v) is 13.7. The molecule has 9 nitrogen and oxygen atoms in total. The van der Waals surface area contributed by atoms with Crippen molar-refractivity contribution in [2.75, 3.05) is 0 Å². The van der Waals surface area contributed by atoms with Crippen LogP contribution in [-0.2, 0) is 23.0 Å². The van der Waals surface area contributed by atoms with Gasteiger partial charge >= 0.3 is 5.69 Å². The number of hydrogen-bond acceptors (Lipinski definition) is 6. The first kappa shape index (κ1) is 34.8. The van der Waals surface area contributed by atoms with Crippen molar-refractivity contribution in [2.24, 2.45) is 0 Å². The molecule has 0 fully saturated rings. The summed E-state index contributed by atoms with van der Waals surface area (Å²) in [6.45, 7) is 4.19. The maximum atomic E-state index is 13.8. The molecule has 1 heterocycles. The first-order chi connectivity index (χ1) is 23.0. The van der Waals surface area contributed by atoms with Gasteiger partial charge in [-0.2, -0.15) is 4.68 Å². The Bertz CT molecular complexity index is 2140. The van der Waals surface area contributed by atoms with Gasteiger partial charge in [0.15, 0.2) is 5.78 Å². The minimum absolute atomic E-state index is 0.0356. The number of rotatable bonds is 13. The van der Waals surface area contributed by atoms with Gasteiger partial charge in [0.05, 0.1) is 32.7 Å². The summed E-state index contributed by atoms with van der Waals surface area (Å²) in [5.74, 6) is -0.291. The number of unbranched alkanes of at least 4 members (excludes halogenated alkanes) is 1. The number of benzene rings is 4. The van der Waals surface area contributed by atoms with E-state index in [0.29, 0.717) is 52.5 Å². The van der Waals surface area contributed by atoms with Crippen molar-refractivity contribution in [3.05, 3.63) is 134 Å². The van der Waals surface area contributed by atoms with Gasteiger partial charge in [-0.25, -0.2) is 17.9 Å². The first-order valence-corrected chi connectivity index (χ1v) is 17.8. The highest BCUT2D eigenvalue weighted by molar-refractivity contribution is 7.90. The summed E-state index contributed by atoms with van der Waals surface area (Å²) in [5.41, 5.74) is 2.23. The van der Waals surface area contributed by atoms with Crippen LogP contribution in [0.3, 0.4) is 0 Å². The van der Waals surface area contributed by atoms with E-state index >= 15 is 0 Å². The molecule has 1 amide bonds. The van der Waals surface area contributed by atoms with E-state index in [1.54, 1.807) is 65.2 Å². The van der Waals surface area contributed by atoms with E-state index in [4.69, 9.17) is 23.2 Å². The molecule has 5 rings (SSSR count). The van der Waals surface area contributed by atoms with Crippen LogP contribution < -0.4 is 10.4 Å². The standard InChI is InChI=1S/C36H34Cl2N4O5S/c1-3-5-15-34-39-42(31-22-26(20-21-30(31)38)32(43)10-4-2)36(45)41(34)23-24-16-18-25(19-17-24)27-11-7-9-14-33(27)48(46,47)40-35(44)28-12-6-8-13-29(28)37/h6-9,11-14,16-22H,3-5,10,15,23H2,1-2H3,(H,40,44). The van der Waals surface area contributed by atoms with Crippen LogP contribution in [0.5, 0.6) is 0 Å². The Hall–Kier alpha value is -4.51. The van der Waals surface area contributed by atoms with Crippen LogP contribution in [0.2, 0.25) is 10.0 Å². The van der Waals surface area contributed by atoms with Gasteiger partial charge < -0.3 is 0 Å². The summed E-state index contributed by atoms with van der Waals surface area (Å²) in [4.78, 5) is 39.1. The zero-order chi connectivity index (χ0) is 34.4. The van der Waals surface area contributed by atoms with Gasteiger partial charge in [0.1, 0.15) is 5.82 Å². The zero-order valence-corrected chi connectivity index (χ0v) is 28.8. The third-order valence-corrected chi connectivity index (χ3v) is 9.83. The van der Waals surface area contributed by atoms with Crippen LogP contribution >= 0.6 is 23.2 Å². The van der Waals surface area contributed by atoms with Crippen LogP contribution in [0.1, 0.15) is 71.6 Å². The molecule has 0 aliphatic rings. The first-order valence-electron chi connectivity index (χ1n) is 15.6. The van der Waals surface area contributed by atoms with Gasteiger partial charge in [0.2, 0.25) is 0 Å². The third-order valence-electron chi connectivity index (χ3n) is 7.79. The largest absolute Gasteiger partial charge is 0.351 e. The minimum Gasteiger partial charge on any atom is -0.294 e. The Morgan fingerprint density at radius 2 is 1.56 bits per heavy atom. The molecule has 248 valence electrons. The summed E-state index contributed by atoms with van der Waals surface area (Å²) < 4.78 is 31.7. The number of aromatic nitrogens is 3. The number of ketones is 1. The maximum Gasteiger partial charge on any atom is 0.351 e. The Labute approximate surface area is 289 Å². The number of nitrogens with one attached hydrogen (secondary N) is 1. The van der Waals surface area contributed by atoms with Crippen molar-refractivity contribution < 1.29 is 18.0 Å². The van der Waals surface area contributed by atoms with E-state index in [9.17, 15) is 22.8 Å². The van der Waals surface area contributed by atoms with Crippen molar-refractivity contribution in [3.8, 4) is 16.8 Å². The number of halogens is 2. The van der Waals surface area contributed by atoms with Crippen molar-refractivity contribution in [3.63, 3.8) is 0 Å². The number of carbonyl (C=O) groups excluding carboxylic acids is 2. The smallest absolute Gasteiger partial charge is 0.294 e. The molecule has 1 aromatic heterocycles. The van der Waals surface area contributed by atoms with Gasteiger partial charge in [0, 0.05) is 24.0 Å². The fraction of sp³-hybridized carbons (Fsp3) is 0.222. The topological polar surface area (TPSA) is 120 Å². The Balaban J connectivity index is 1.45. The normalized spacial score (nSPS) is 11.4. The number of sulfonamides is 1. The highest BCUT2D eigenvalue weighted by Gasteiger charge is 2.24. The van der Waals surface area contributed by atoms with Gasteiger partial charge in [-0.1, -0.05) is 98.1 Å². The van der Waals surface area contributed by atoms with Crippen LogP contribution in [0.25, 0.3) is 16.8 Å². The Morgan fingerprint density at radius 3 is 2.27 bits per heavy atom. The molecule has 0 radical (unpaired) electrons. The van der Waals surface area contributed by atoms with Crippen LogP contribution in [-0.4, -0.2) is 34.5 Å². The summed E-state index contributed by atoms with van der Waals surface area (Å²) in [5, 5.41) is 5.08. The summed E-state index contributed by atoms with van der Waals surface area (Å²) >= 11 is 12.6. The van der Waals surface area contributed by atoms with Gasteiger partial charge in [-0.15, -0.1) is 5.10 Å². The number of carbonyl (C=O) groups is 2. The predicted molar refractivity (Wildman–Crippen MR) is 188 cm³/mol. The van der Waals surface area contributed by atoms with E-state index in [-0.39, 0.29) is 27.8 Å². The lowest BCUT2D eigenvalue weighted by Crippen LogP contribution is -2.31. The molecule has 4 aromatic carbocycles. The molecule has 48 heavy (non-hydrogen) atoms. The second-order valence-electron chi connectivity index (χ2n) is 11.2. The molecule has 5 aromatic rings. The average molecular weight is 706 g/mol. The molecule has 0 atom stereocenters. The van der Waals surface area contributed by atoms with Gasteiger partial charge in [0.25, 0.3) is 15.9 Å². The molecular weight excluding hydrogens is 671 g/mol. The predicted octanol–water partition coefficient (Wildman–Crippen LogP) is 7.50. The summed E-state index contributed by atoms with van der Waals surface area (Å²) in [6, 6.07) is 24.6. The molecule has 12 heteroatoms. The van der Waals surface area contributed by atoms with Gasteiger partial charge in [-0.05, 0) is 60.4 Å². The summed E-state index contributed by atoms with van der Waals surface area (Å²) in [7, 11) is -4.27. The lowest BCUT2D eigenvalue weighted by atomic mass is 10.0. The fourth-order valence-electron chi connectivity index (χ4n) is 5.28. The molecule has 0 saturated heterocycles. The number of aryl methyl sites for hydroxylation is 1. The molecule has 0 aliphatic carbocycles. The van der Waals surface area contributed by atoms with Crippen LogP contribution in [0, 0.1) is 0 Å². The van der Waals surface area contributed by atoms with Crippen molar-refractivity contribution in [1.82, 2.24) is 19.1 Å². The molecule has 0 spiro atoms. The zero-order valence-electron chi connectivity index (χ0n) is 26.4. The highest BCUT2D eigenvalue weighted by Crippen LogP contribution is 2.28. The number of Topliss-reactive ketones (excluding diaryl/α,β-unsaturated/α-hetero) is 1. The third kappa shape index (κ3) is 7.62. The average Bonchev–Trinajstić information content (AvgIpc) is 3.38. The van der Waals surface area contributed by atoms with Crippen molar-refractivity contribution in [2.45, 2.75) is 57.4 Å².